The van der Waals surface area contributed by atoms with E-state index in [9.17, 15) is 9.59 Å². The number of rotatable bonds is 5. The second-order valence-corrected chi connectivity index (χ2v) is 4.40. The fourth-order valence-corrected chi connectivity index (χ4v) is 1.82. The van der Waals surface area contributed by atoms with Gasteiger partial charge in [0.15, 0.2) is 0 Å². The number of nitrogens with one attached hydrogen (secondary N) is 2. The SMILES string of the molecule is CCNC(=O)CCNC(=O)c1cccc(C#CCO)c1C. The Morgan fingerprint density at radius 3 is 2.71 bits per heavy atom. The molecule has 21 heavy (non-hydrogen) atoms. The van der Waals surface area contributed by atoms with Crippen molar-refractivity contribution in [2.45, 2.75) is 20.3 Å². The first kappa shape index (κ1) is 16.7. The molecule has 3 N–H and O–H groups in total. The van der Waals surface area contributed by atoms with Crippen LogP contribution in [0.4, 0.5) is 0 Å². The summed E-state index contributed by atoms with van der Waals surface area (Å²) in [5, 5.41) is 14.1. The largest absolute Gasteiger partial charge is 0.384 e. The molecule has 0 fully saturated rings. The van der Waals surface area contributed by atoms with E-state index in [0.29, 0.717) is 17.7 Å². The highest BCUT2D eigenvalue weighted by Gasteiger charge is 2.11. The maximum absolute atomic E-state index is 12.1. The molecular formula is C16H20N2O3. The van der Waals surface area contributed by atoms with Crippen molar-refractivity contribution in [2.24, 2.45) is 0 Å². The normalized spacial score (nSPS) is 9.48. The fraction of sp³-hybridized carbons (Fsp3) is 0.375. The van der Waals surface area contributed by atoms with Crippen molar-refractivity contribution in [1.29, 1.82) is 0 Å². The molecule has 0 radical (unpaired) electrons. The van der Waals surface area contributed by atoms with Crippen molar-refractivity contribution >= 4 is 11.8 Å². The lowest BCUT2D eigenvalue weighted by atomic mass is 10.0. The van der Waals surface area contributed by atoms with Crippen LogP contribution in [0.3, 0.4) is 0 Å². The highest BCUT2D eigenvalue weighted by molar-refractivity contribution is 5.96. The molecule has 0 unspecified atom stereocenters. The highest BCUT2D eigenvalue weighted by atomic mass is 16.2. The van der Waals surface area contributed by atoms with Crippen LogP contribution in [0.5, 0.6) is 0 Å². The molecule has 0 atom stereocenters. The van der Waals surface area contributed by atoms with E-state index in [4.69, 9.17) is 5.11 Å². The van der Waals surface area contributed by atoms with Crippen LogP contribution >= 0.6 is 0 Å². The van der Waals surface area contributed by atoms with Crippen LogP contribution in [0, 0.1) is 18.8 Å². The number of hydrogen-bond acceptors (Lipinski definition) is 3. The van der Waals surface area contributed by atoms with Crippen LogP contribution in [0.2, 0.25) is 0 Å². The molecule has 0 heterocycles. The third-order valence-corrected chi connectivity index (χ3v) is 2.89. The Labute approximate surface area is 124 Å². The lowest BCUT2D eigenvalue weighted by Crippen LogP contribution is -2.31. The number of aliphatic hydroxyl groups is 1. The molecule has 0 saturated heterocycles. The maximum atomic E-state index is 12.1. The van der Waals surface area contributed by atoms with Crippen LogP contribution in [0.1, 0.15) is 34.8 Å². The minimum atomic E-state index is -0.232. The van der Waals surface area contributed by atoms with Gasteiger partial charge in [-0.1, -0.05) is 17.9 Å². The molecule has 0 aliphatic carbocycles. The standard InChI is InChI=1S/C16H20N2O3/c1-3-17-15(20)9-10-18-16(21)14-8-4-6-13(12(14)2)7-5-11-19/h4,6,8,19H,3,9-11H2,1-2H3,(H,17,20)(H,18,21). The first-order valence-electron chi connectivity index (χ1n) is 6.84. The van der Waals surface area contributed by atoms with Gasteiger partial charge < -0.3 is 15.7 Å². The van der Waals surface area contributed by atoms with Gasteiger partial charge in [0.2, 0.25) is 5.91 Å². The van der Waals surface area contributed by atoms with Crippen molar-refractivity contribution in [3.8, 4) is 11.8 Å². The van der Waals surface area contributed by atoms with Gasteiger partial charge in [-0.15, -0.1) is 0 Å². The van der Waals surface area contributed by atoms with Gasteiger partial charge in [-0.3, -0.25) is 9.59 Å². The number of carbonyl (C=O) groups is 2. The summed E-state index contributed by atoms with van der Waals surface area (Å²) in [4.78, 5) is 23.4. The van der Waals surface area contributed by atoms with Crippen molar-refractivity contribution in [2.75, 3.05) is 19.7 Å². The van der Waals surface area contributed by atoms with Gasteiger partial charge in [-0.25, -0.2) is 0 Å². The minimum absolute atomic E-state index is 0.0860. The van der Waals surface area contributed by atoms with Crippen molar-refractivity contribution in [3.63, 3.8) is 0 Å². The predicted octanol–water partition coefficient (Wildman–Crippen LogP) is 0.595. The highest BCUT2D eigenvalue weighted by Crippen LogP contribution is 2.12. The van der Waals surface area contributed by atoms with Gasteiger partial charge in [0, 0.05) is 30.6 Å². The maximum Gasteiger partial charge on any atom is 0.251 e. The summed E-state index contributed by atoms with van der Waals surface area (Å²) < 4.78 is 0. The average Bonchev–Trinajstić information content (AvgIpc) is 2.46. The first-order chi connectivity index (χ1) is 10.1. The van der Waals surface area contributed by atoms with Crippen LogP contribution in [-0.2, 0) is 4.79 Å². The predicted molar refractivity (Wildman–Crippen MR) is 80.8 cm³/mol. The molecule has 1 rings (SSSR count). The average molecular weight is 288 g/mol. The zero-order valence-corrected chi connectivity index (χ0v) is 12.3. The van der Waals surface area contributed by atoms with E-state index >= 15 is 0 Å². The molecule has 2 amide bonds. The monoisotopic (exact) mass is 288 g/mol. The van der Waals surface area contributed by atoms with E-state index in [-0.39, 0.29) is 31.4 Å². The van der Waals surface area contributed by atoms with E-state index in [0.717, 1.165) is 5.56 Å². The molecule has 0 saturated carbocycles. The Hall–Kier alpha value is -2.32. The summed E-state index contributed by atoms with van der Waals surface area (Å²) in [6.45, 7) is 4.30. The molecule has 0 aliphatic rings. The van der Waals surface area contributed by atoms with Gasteiger partial charge in [-0.2, -0.15) is 0 Å². The van der Waals surface area contributed by atoms with Gasteiger partial charge >= 0.3 is 0 Å². The molecule has 1 aromatic carbocycles. The molecule has 0 spiro atoms. The first-order valence-corrected chi connectivity index (χ1v) is 6.84. The molecule has 0 bridgehead atoms. The number of amides is 2. The topological polar surface area (TPSA) is 78.4 Å². The van der Waals surface area contributed by atoms with Gasteiger partial charge in [-0.05, 0) is 31.5 Å². The summed E-state index contributed by atoms with van der Waals surface area (Å²) in [7, 11) is 0. The van der Waals surface area contributed by atoms with E-state index in [2.05, 4.69) is 22.5 Å². The lowest BCUT2D eigenvalue weighted by molar-refractivity contribution is -0.120. The Balaban J connectivity index is 2.68. The fourth-order valence-electron chi connectivity index (χ4n) is 1.82. The Kier molecular flexibility index (Phi) is 6.99. The summed E-state index contributed by atoms with van der Waals surface area (Å²) in [5.41, 5.74) is 1.99. The molecule has 5 nitrogen and oxygen atoms in total. The zero-order chi connectivity index (χ0) is 15.7. The van der Waals surface area contributed by atoms with E-state index in [1.807, 2.05) is 6.92 Å². The third kappa shape index (κ3) is 5.28. The zero-order valence-electron chi connectivity index (χ0n) is 12.3. The summed E-state index contributed by atoms with van der Waals surface area (Å²) in [5.74, 6) is 5.05. The van der Waals surface area contributed by atoms with Crippen LogP contribution in [0.15, 0.2) is 18.2 Å². The Bertz CT molecular complexity index is 571. The molecular weight excluding hydrogens is 268 g/mol. The molecule has 0 aromatic heterocycles. The minimum Gasteiger partial charge on any atom is -0.384 e. The van der Waals surface area contributed by atoms with Gasteiger partial charge in [0.25, 0.3) is 5.91 Å². The number of carbonyl (C=O) groups excluding carboxylic acids is 2. The molecule has 5 heteroatoms. The molecule has 112 valence electrons. The summed E-state index contributed by atoms with van der Waals surface area (Å²) in [6.07, 6.45) is 0.253. The van der Waals surface area contributed by atoms with E-state index in [1.165, 1.54) is 0 Å². The van der Waals surface area contributed by atoms with E-state index in [1.54, 1.807) is 25.1 Å². The Morgan fingerprint density at radius 1 is 1.29 bits per heavy atom. The Morgan fingerprint density at radius 2 is 2.05 bits per heavy atom. The van der Waals surface area contributed by atoms with Crippen molar-refractivity contribution in [1.82, 2.24) is 10.6 Å². The summed E-state index contributed by atoms with van der Waals surface area (Å²) >= 11 is 0. The van der Waals surface area contributed by atoms with Crippen molar-refractivity contribution < 1.29 is 14.7 Å². The van der Waals surface area contributed by atoms with Crippen molar-refractivity contribution in [3.05, 3.63) is 34.9 Å². The third-order valence-electron chi connectivity index (χ3n) is 2.89. The number of hydrogen-bond donors (Lipinski definition) is 3. The van der Waals surface area contributed by atoms with E-state index < -0.39 is 0 Å². The lowest BCUT2D eigenvalue weighted by Gasteiger charge is -2.09. The number of benzene rings is 1. The summed E-state index contributed by atoms with van der Waals surface area (Å²) in [6, 6.07) is 5.25. The number of aliphatic hydroxyl groups excluding tert-OH is 1. The quantitative estimate of drug-likeness (QED) is 0.694. The van der Waals surface area contributed by atoms with Gasteiger partial charge in [0.1, 0.15) is 6.61 Å². The van der Waals surface area contributed by atoms with Crippen LogP contribution in [0.25, 0.3) is 0 Å². The van der Waals surface area contributed by atoms with Crippen LogP contribution < -0.4 is 10.6 Å². The van der Waals surface area contributed by atoms with Gasteiger partial charge in [0.05, 0.1) is 0 Å². The smallest absolute Gasteiger partial charge is 0.251 e. The second-order valence-electron chi connectivity index (χ2n) is 4.40. The second kappa shape index (κ2) is 8.77. The molecule has 1 aromatic rings. The molecule has 0 aliphatic heterocycles. The van der Waals surface area contributed by atoms with Crippen LogP contribution in [-0.4, -0.2) is 36.6 Å².